The molecule has 0 aromatic carbocycles. The number of terminal acetylenes is 1. The molecule has 0 radical (unpaired) electrons. The molecule has 1 unspecified atom stereocenters. The highest BCUT2D eigenvalue weighted by molar-refractivity contribution is 5.15. The van der Waals surface area contributed by atoms with E-state index < -0.39 is 11.7 Å². The van der Waals surface area contributed by atoms with Crippen molar-refractivity contribution in [3.63, 3.8) is 0 Å². The van der Waals surface area contributed by atoms with Gasteiger partial charge in [0.25, 0.3) is 0 Å². The molecule has 3 heteroatoms. The van der Waals surface area contributed by atoms with E-state index in [0.717, 1.165) is 0 Å². The van der Waals surface area contributed by atoms with E-state index in [0.29, 0.717) is 6.42 Å². The monoisotopic (exact) mass is 156 g/mol. The van der Waals surface area contributed by atoms with Crippen LogP contribution in [0.25, 0.3) is 0 Å². The van der Waals surface area contributed by atoms with Gasteiger partial charge in [0.15, 0.2) is 5.60 Å². The van der Waals surface area contributed by atoms with Crippen LogP contribution in [0.15, 0.2) is 0 Å². The topological polar surface area (TPSA) is 49.7 Å². The fourth-order valence-electron chi connectivity index (χ4n) is 1.31. The summed E-state index contributed by atoms with van der Waals surface area (Å²) in [6.45, 7) is 1.49. The average molecular weight is 156 g/mol. The molecule has 11 heavy (non-hydrogen) atoms. The van der Waals surface area contributed by atoms with Crippen LogP contribution < -0.4 is 0 Å². The summed E-state index contributed by atoms with van der Waals surface area (Å²) in [5.41, 5.74) is -1.15. The maximum Gasteiger partial charge on any atom is 0.177 e. The summed E-state index contributed by atoms with van der Waals surface area (Å²) < 4.78 is 5.22. The fraction of sp³-hybridized carbons (Fsp3) is 0.750. The molecule has 1 aliphatic heterocycles. The van der Waals surface area contributed by atoms with Gasteiger partial charge in [-0.2, -0.15) is 0 Å². The van der Waals surface area contributed by atoms with Crippen LogP contribution in [0.4, 0.5) is 0 Å². The third-order valence-electron chi connectivity index (χ3n) is 1.98. The zero-order chi connectivity index (χ0) is 8.48. The van der Waals surface area contributed by atoms with Gasteiger partial charge in [-0.05, 0) is 6.92 Å². The minimum Gasteiger partial charge on any atom is -0.392 e. The lowest BCUT2D eigenvalue weighted by atomic mass is 9.99. The van der Waals surface area contributed by atoms with Crippen molar-refractivity contribution in [2.24, 2.45) is 0 Å². The van der Waals surface area contributed by atoms with Gasteiger partial charge >= 0.3 is 0 Å². The molecule has 0 saturated carbocycles. The first-order valence-electron chi connectivity index (χ1n) is 3.59. The van der Waals surface area contributed by atoms with E-state index in [9.17, 15) is 5.11 Å². The Kier molecular flexibility index (Phi) is 2.19. The maximum absolute atomic E-state index is 9.38. The van der Waals surface area contributed by atoms with Crippen LogP contribution in [0.1, 0.15) is 13.3 Å². The van der Waals surface area contributed by atoms with E-state index in [1.165, 1.54) is 0 Å². The van der Waals surface area contributed by atoms with Crippen LogP contribution in [0.3, 0.4) is 0 Å². The van der Waals surface area contributed by atoms with Crippen LogP contribution in [0, 0.1) is 12.3 Å². The Labute approximate surface area is 66.0 Å². The molecule has 3 nitrogen and oxygen atoms in total. The number of hydrogen-bond acceptors (Lipinski definition) is 3. The largest absolute Gasteiger partial charge is 0.392 e. The molecule has 1 rings (SSSR count). The van der Waals surface area contributed by atoms with Crippen molar-refractivity contribution in [1.82, 2.24) is 0 Å². The summed E-state index contributed by atoms with van der Waals surface area (Å²) in [4.78, 5) is 0. The molecular formula is C8H12O3. The van der Waals surface area contributed by atoms with Crippen LogP contribution in [0.5, 0.6) is 0 Å². The van der Waals surface area contributed by atoms with Crippen molar-refractivity contribution in [2.75, 3.05) is 6.61 Å². The Hall–Kier alpha value is -0.560. The highest BCUT2D eigenvalue weighted by Crippen LogP contribution is 2.29. The second kappa shape index (κ2) is 2.82. The molecule has 0 amide bonds. The van der Waals surface area contributed by atoms with Crippen molar-refractivity contribution in [1.29, 1.82) is 0 Å². The van der Waals surface area contributed by atoms with Crippen molar-refractivity contribution in [3.8, 4) is 12.3 Å². The quantitative estimate of drug-likeness (QED) is 0.504. The van der Waals surface area contributed by atoms with Crippen LogP contribution in [0.2, 0.25) is 0 Å². The molecule has 0 aliphatic carbocycles. The second-order valence-electron chi connectivity index (χ2n) is 2.87. The van der Waals surface area contributed by atoms with Gasteiger partial charge in [-0.1, -0.05) is 5.92 Å². The van der Waals surface area contributed by atoms with Gasteiger partial charge in [-0.15, -0.1) is 6.42 Å². The van der Waals surface area contributed by atoms with E-state index in [1.807, 2.05) is 6.92 Å². The van der Waals surface area contributed by atoms with E-state index in [1.54, 1.807) is 0 Å². The third kappa shape index (κ3) is 1.25. The van der Waals surface area contributed by atoms with Crippen LogP contribution in [-0.2, 0) is 4.74 Å². The number of ether oxygens (including phenoxy) is 1. The van der Waals surface area contributed by atoms with E-state index in [4.69, 9.17) is 16.3 Å². The van der Waals surface area contributed by atoms with E-state index in [2.05, 4.69) is 5.92 Å². The molecule has 3 atom stereocenters. The molecule has 1 heterocycles. The number of aliphatic hydroxyl groups excluding tert-OH is 2. The van der Waals surface area contributed by atoms with Crippen LogP contribution in [-0.4, -0.2) is 34.6 Å². The molecule has 62 valence electrons. The lowest BCUT2D eigenvalue weighted by Gasteiger charge is -2.23. The lowest BCUT2D eigenvalue weighted by Crippen LogP contribution is -2.41. The number of aliphatic hydroxyl groups is 2. The third-order valence-corrected chi connectivity index (χ3v) is 1.98. The number of hydrogen-bond donors (Lipinski definition) is 2. The minimum atomic E-state index is -1.15. The molecule has 0 bridgehead atoms. The fourth-order valence-corrected chi connectivity index (χ4v) is 1.31. The second-order valence-corrected chi connectivity index (χ2v) is 2.87. The van der Waals surface area contributed by atoms with Crippen molar-refractivity contribution < 1.29 is 14.9 Å². The van der Waals surface area contributed by atoms with Crippen molar-refractivity contribution in [2.45, 2.75) is 31.2 Å². The zero-order valence-electron chi connectivity index (χ0n) is 6.45. The Balaban J connectivity index is 2.78. The molecular weight excluding hydrogens is 144 g/mol. The summed E-state index contributed by atoms with van der Waals surface area (Å²) in [5.74, 6) is 2.29. The standard InChI is InChI=1S/C8H12O3/c1-3-8(5-9)7(10)4-6(2)11-8/h1,6-7,9-10H,4-5H2,2H3/t6?,7-,8+/m0/s1. The predicted molar refractivity (Wildman–Crippen MR) is 39.8 cm³/mol. The van der Waals surface area contributed by atoms with Crippen LogP contribution >= 0.6 is 0 Å². The predicted octanol–water partition coefficient (Wildman–Crippen LogP) is -0.480. The maximum atomic E-state index is 9.38. The summed E-state index contributed by atoms with van der Waals surface area (Å²) >= 11 is 0. The lowest BCUT2D eigenvalue weighted by molar-refractivity contribution is -0.0670. The number of rotatable bonds is 1. The van der Waals surface area contributed by atoms with Gasteiger partial charge in [-0.25, -0.2) is 0 Å². The van der Waals surface area contributed by atoms with Gasteiger partial charge in [-0.3, -0.25) is 0 Å². The Bertz CT molecular complexity index is 184. The van der Waals surface area contributed by atoms with Gasteiger partial charge in [0.1, 0.15) is 0 Å². The first-order valence-corrected chi connectivity index (χ1v) is 3.59. The summed E-state index contributed by atoms with van der Waals surface area (Å²) in [7, 11) is 0. The smallest absolute Gasteiger partial charge is 0.177 e. The van der Waals surface area contributed by atoms with Gasteiger partial charge in [0.2, 0.25) is 0 Å². The van der Waals surface area contributed by atoms with Gasteiger partial charge < -0.3 is 14.9 Å². The minimum absolute atomic E-state index is 0.0757. The Morgan fingerprint density at radius 3 is 2.64 bits per heavy atom. The Morgan fingerprint density at radius 2 is 2.45 bits per heavy atom. The molecule has 0 aromatic rings. The highest BCUT2D eigenvalue weighted by Gasteiger charge is 2.44. The summed E-state index contributed by atoms with van der Waals surface area (Å²) in [6.07, 6.45) is 4.81. The normalized spacial score (nSPS) is 43.8. The molecule has 2 N–H and O–H groups in total. The molecule has 1 aliphatic rings. The first kappa shape index (κ1) is 8.54. The zero-order valence-corrected chi connectivity index (χ0v) is 6.45. The average Bonchev–Trinajstić information content (AvgIpc) is 2.27. The molecule has 0 spiro atoms. The van der Waals surface area contributed by atoms with Gasteiger partial charge in [0.05, 0.1) is 18.8 Å². The van der Waals surface area contributed by atoms with Crippen molar-refractivity contribution >= 4 is 0 Å². The Morgan fingerprint density at radius 1 is 1.82 bits per heavy atom. The molecule has 0 aromatic heterocycles. The SMILES string of the molecule is C#C[C@]1(CO)OC(C)C[C@@H]1O. The summed E-state index contributed by atoms with van der Waals surface area (Å²) in [5, 5.41) is 18.3. The van der Waals surface area contributed by atoms with Gasteiger partial charge in [0, 0.05) is 6.42 Å². The first-order chi connectivity index (χ1) is 5.14. The van der Waals surface area contributed by atoms with E-state index >= 15 is 0 Å². The highest BCUT2D eigenvalue weighted by atomic mass is 16.5. The summed E-state index contributed by atoms with van der Waals surface area (Å²) in [6, 6.07) is 0. The van der Waals surface area contributed by atoms with Crippen molar-refractivity contribution in [3.05, 3.63) is 0 Å². The molecule has 1 saturated heterocycles. The molecule has 1 fully saturated rings. The van der Waals surface area contributed by atoms with E-state index in [-0.39, 0.29) is 12.7 Å².